The minimum atomic E-state index is 0.363. The lowest BCUT2D eigenvalue weighted by Gasteiger charge is -2.19. The lowest BCUT2D eigenvalue weighted by molar-refractivity contribution is 0.687. The lowest BCUT2D eigenvalue weighted by Crippen LogP contribution is -2.24. The smallest absolute Gasteiger partial charge is 0.193 e. The molecule has 5 N–H and O–H groups in total. The number of nitrogens with two attached hydrogens (primary N) is 2. The van der Waals surface area contributed by atoms with Gasteiger partial charge in [-0.05, 0) is 67.9 Å². The molecule has 0 spiro atoms. The quantitative estimate of drug-likeness (QED) is 0.324. The zero-order chi connectivity index (χ0) is 21.6. The summed E-state index contributed by atoms with van der Waals surface area (Å²) in [5.74, 6) is 0.774. The van der Waals surface area contributed by atoms with Crippen molar-refractivity contribution in [3.63, 3.8) is 0 Å². The van der Waals surface area contributed by atoms with Gasteiger partial charge < -0.3 is 16.8 Å². The summed E-state index contributed by atoms with van der Waals surface area (Å²) >= 11 is 0. The van der Waals surface area contributed by atoms with Gasteiger partial charge in [-0.25, -0.2) is 4.68 Å². The van der Waals surface area contributed by atoms with Crippen LogP contribution in [0.15, 0.2) is 53.5 Å². The minimum absolute atomic E-state index is 0.363. The van der Waals surface area contributed by atoms with Crippen LogP contribution in [0.1, 0.15) is 41.6 Å². The molecule has 0 bridgehead atoms. The fourth-order valence-corrected chi connectivity index (χ4v) is 4.06. The molecule has 7 heteroatoms. The fraction of sp³-hybridized carbons (Fsp3) is 0.292. The average molecular weight is 414 g/mol. The molecule has 0 atom stereocenters. The molecule has 1 aromatic heterocycles. The van der Waals surface area contributed by atoms with Crippen LogP contribution in [0.3, 0.4) is 0 Å². The maximum Gasteiger partial charge on any atom is 0.193 e. The highest BCUT2D eigenvalue weighted by atomic mass is 15.3. The van der Waals surface area contributed by atoms with Crippen molar-refractivity contribution in [2.45, 2.75) is 38.5 Å². The molecule has 1 aliphatic carbocycles. The first-order valence-electron chi connectivity index (χ1n) is 10.7. The summed E-state index contributed by atoms with van der Waals surface area (Å²) in [6.45, 7) is 0.539. The van der Waals surface area contributed by atoms with Crippen LogP contribution < -0.4 is 16.8 Å². The molecule has 0 aliphatic heterocycles. The molecule has 0 unspecified atom stereocenters. The Morgan fingerprint density at radius 2 is 1.94 bits per heavy atom. The average Bonchev–Trinajstić information content (AvgIpc) is 3.12. The van der Waals surface area contributed by atoms with Crippen molar-refractivity contribution in [2.75, 3.05) is 17.6 Å². The maximum absolute atomic E-state index is 9.52. The van der Waals surface area contributed by atoms with Gasteiger partial charge in [-0.1, -0.05) is 30.3 Å². The van der Waals surface area contributed by atoms with Gasteiger partial charge in [-0.2, -0.15) is 10.4 Å². The molecule has 158 valence electrons. The third kappa shape index (κ3) is 4.53. The first kappa shape index (κ1) is 20.5. The first-order chi connectivity index (χ1) is 15.2. The number of guanidine groups is 1. The number of nitrogens with zero attached hydrogens (tertiary/aromatic N) is 4. The predicted octanol–water partition coefficient (Wildman–Crippen LogP) is 3.56. The van der Waals surface area contributed by atoms with Crippen LogP contribution in [0, 0.1) is 11.3 Å². The molecule has 1 aliphatic rings. The van der Waals surface area contributed by atoms with Crippen LogP contribution in [-0.2, 0) is 19.3 Å². The summed E-state index contributed by atoms with van der Waals surface area (Å²) in [5, 5.41) is 17.3. The largest absolute Gasteiger partial charge is 0.382 e. The molecule has 0 amide bonds. The number of nitrogen functional groups attached to an aromatic ring is 1. The normalized spacial score (nSPS) is 13.5. The second-order valence-corrected chi connectivity index (χ2v) is 7.71. The van der Waals surface area contributed by atoms with Crippen molar-refractivity contribution in [3.8, 4) is 11.8 Å². The summed E-state index contributed by atoms with van der Waals surface area (Å²) in [6, 6.07) is 18.1. The van der Waals surface area contributed by atoms with Crippen LogP contribution >= 0.6 is 0 Å². The number of nitriles is 1. The Morgan fingerprint density at radius 1 is 1.13 bits per heavy atom. The zero-order valence-corrected chi connectivity index (χ0v) is 17.5. The number of hydrogen-bond donors (Lipinski definition) is 3. The Balaban J connectivity index is 1.39. The number of aliphatic imine (C=N–C) groups is 1. The molecule has 4 rings (SSSR count). The van der Waals surface area contributed by atoms with E-state index in [1.807, 2.05) is 30.3 Å². The summed E-state index contributed by atoms with van der Waals surface area (Å²) in [6.07, 6.45) is 5.98. The van der Waals surface area contributed by atoms with Crippen LogP contribution in [0.2, 0.25) is 0 Å². The molecule has 2 aromatic carbocycles. The standard InChI is InChI=1S/C24H27N7/c25-16-20-22(30-31(23(20)26)18-10-2-1-3-11-18)14-7-15-28-24(27)29-21-13-6-9-17-8-4-5-12-19(17)21/h1-3,6,9-11,13H,4-5,7-8,12,14-15,26H2,(H3,27,28,29). The second-order valence-electron chi connectivity index (χ2n) is 7.71. The molecule has 3 aromatic rings. The second kappa shape index (κ2) is 9.35. The Labute approximate surface area is 182 Å². The molecule has 0 radical (unpaired) electrons. The topological polar surface area (TPSA) is 118 Å². The molecule has 0 fully saturated rings. The highest BCUT2D eigenvalue weighted by molar-refractivity contribution is 5.93. The number of para-hydroxylation sites is 1. The Morgan fingerprint density at radius 3 is 2.74 bits per heavy atom. The summed E-state index contributed by atoms with van der Waals surface area (Å²) in [7, 11) is 0. The van der Waals surface area contributed by atoms with Crippen LogP contribution in [-0.4, -0.2) is 22.3 Å². The van der Waals surface area contributed by atoms with E-state index in [1.54, 1.807) is 4.68 Å². The SMILES string of the molecule is N#Cc1c(CCCN=C(N)Nc2cccc3c2CCCC3)nn(-c2ccccc2)c1N. The van der Waals surface area contributed by atoms with E-state index < -0.39 is 0 Å². The van der Waals surface area contributed by atoms with Gasteiger partial charge in [0.1, 0.15) is 17.5 Å². The van der Waals surface area contributed by atoms with Gasteiger partial charge in [0.2, 0.25) is 0 Å². The third-order valence-corrected chi connectivity index (χ3v) is 5.62. The van der Waals surface area contributed by atoms with E-state index in [0.717, 1.165) is 30.6 Å². The van der Waals surface area contributed by atoms with Crippen molar-refractivity contribution in [3.05, 3.63) is 70.9 Å². The van der Waals surface area contributed by atoms with Gasteiger partial charge >= 0.3 is 0 Å². The first-order valence-corrected chi connectivity index (χ1v) is 10.7. The fourth-order valence-electron chi connectivity index (χ4n) is 4.06. The van der Waals surface area contributed by atoms with E-state index in [4.69, 9.17) is 11.5 Å². The van der Waals surface area contributed by atoms with Gasteiger partial charge in [0.15, 0.2) is 5.96 Å². The van der Waals surface area contributed by atoms with Crippen molar-refractivity contribution >= 4 is 17.5 Å². The number of hydrogen-bond acceptors (Lipinski definition) is 4. The summed E-state index contributed by atoms with van der Waals surface area (Å²) < 4.78 is 1.62. The molecule has 1 heterocycles. The Bertz CT molecular complexity index is 1120. The van der Waals surface area contributed by atoms with Crippen LogP contribution in [0.5, 0.6) is 0 Å². The van der Waals surface area contributed by atoms with Gasteiger partial charge in [-0.3, -0.25) is 4.99 Å². The number of aromatic nitrogens is 2. The number of benzene rings is 2. The molecule has 0 saturated carbocycles. The lowest BCUT2D eigenvalue weighted by atomic mass is 9.90. The van der Waals surface area contributed by atoms with E-state index in [-0.39, 0.29) is 0 Å². The number of fused-ring (bicyclic) bond motifs is 1. The zero-order valence-electron chi connectivity index (χ0n) is 17.5. The summed E-state index contributed by atoms with van der Waals surface area (Å²) in [4.78, 5) is 4.46. The number of nitrogens with one attached hydrogen (secondary N) is 1. The highest BCUT2D eigenvalue weighted by Crippen LogP contribution is 2.27. The van der Waals surface area contributed by atoms with Gasteiger partial charge in [0.05, 0.1) is 11.4 Å². The van der Waals surface area contributed by atoms with Gasteiger partial charge in [0.25, 0.3) is 0 Å². The van der Waals surface area contributed by atoms with Gasteiger partial charge in [0, 0.05) is 12.2 Å². The van der Waals surface area contributed by atoms with Crippen LogP contribution in [0.25, 0.3) is 5.69 Å². The molecule has 31 heavy (non-hydrogen) atoms. The third-order valence-electron chi connectivity index (χ3n) is 5.62. The predicted molar refractivity (Wildman–Crippen MR) is 124 cm³/mol. The summed E-state index contributed by atoms with van der Waals surface area (Å²) in [5.41, 5.74) is 18.0. The molecule has 7 nitrogen and oxygen atoms in total. The molecule has 0 saturated heterocycles. The van der Waals surface area contributed by atoms with Crippen molar-refractivity contribution in [1.82, 2.24) is 9.78 Å². The number of anilines is 2. The van der Waals surface area contributed by atoms with E-state index in [1.165, 1.54) is 24.0 Å². The Hall–Kier alpha value is -3.79. The minimum Gasteiger partial charge on any atom is -0.382 e. The van der Waals surface area contributed by atoms with Crippen molar-refractivity contribution in [1.29, 1.82) is 5.26 Å². The van der Waals surface area contributed by atoms with Crippen LogP contribution in [0.4, 0.5) is 11.5 Å². The molecular weight excluding hydrogens is 386 g/mol. The highest BCUT2D eigenvalue weighted by Gasteiger charge is 2.16. The monoisotopic (exact) mass is 413 g/mol. The van der Waals surface area contributed by atoms with Crippen molar-refractivity contribution in [2.24, 2.45) is 10.7 Å². The number of rotatable bonds is 6. The maximum atomic E-state index is 9.52. The number of aryl methyl sites for hydroxylation is 2. The van der Waals surface area contributed by atoms with E-state index in [2.05, 4.69) is 39.7 Å². The van der Waals surface area contributed by atoms with E-state index in [0.29, 0.717) is 36.0 Å². The Kier molecular flexibility index (Phi) is 6.18. The van der Waals surface area contributed by atoms with Crippen molar-refractivity contribution < 1.29 is 0 Å². The van der Waals surface area contributed by atoms with E-state index in [9.17, 15) is 5.26 Å². The van der Waals surface area contributed by atoms with E-state index >= 15 is 0 Å². The molecular formula is C24H27N7. The van der Waals surface area contributed by atoms with Gasteiger partial charge in [-0.15, -0.1) is 0 Å².